The Morgan fingerprint density at radius 1 is 0.864 bits per heavy atom. The highest BCUT2D eigenvalue weighted by molar-refractivity contribution is 6.30. The summed E-state index contributed by atoms with van der Waals surface area (Å²) in [5.74, 6) is -0.150. The molecule has 0 radical (unpaired) electrons. The van der Waals surface area contributed by atoms with Crippen LogP contribution in [0.25, 0.3) is 5.69 Å². The summed E-state index contributed by atoms with van der Waals surface area (Å²) in [7, 11) is 0. The molecule has 0 aliphatic carbocycles. The minimum absolute atomic E-state index is 0.150. The number of carbonyl (C=O) groups is 1. The summed E-state index contributed by atoms with van der Waals surface area (Å²) in [5, 5.41) is 0.573. The molecule has 0 saturated carbocycles. The number of halogens is 1. The predicted molar refractivity (Wildman–Crippen MR) is 86.9 cm³/mol. The Hall–Kier alpha value is -2.65. The molecule has 0 atom stereocenters. The SMILES string of the molecule is O=C(c1ccc(Cl)cc1)c1ccccc1-n1ccccc1=O. The maximum atomic E-state index is 12.7. The van der Waals surface area contributed by atoms with Crippen LogP contribution in [-0.4, -0.2) is 10.4 Å². The minimum atomic E-state index is -0.182. The highest BCUT2D eigenvalue weighted by Crippen LogP contribution is 2.19. The molecule has 0 bridgehead atoms. The summed E-state index contributed by atoms with van der Waals surface area (Å²) in [6.07, 6.45) is 1.65. The Balaban J connectivity index is 2.13. The number of pyridine rings is 1. The van der Waals surface area contributed by atoms with Crippen LogP contribution in [0.3, 0.4) is 0 Å². The molecule has 3 rings (SSSR count). The van der Waals surface area contributed by atoms with E-state index in [2.05, 4.69) is 0 Å². The Bertz CT molecular complexity index is 882. The fourth-order valence-electron chi connectivity index (χ4n) is 2.26. The van der Waals surface area contributed by atoms with Crippen LogP contribution in [-0.2, 0) is 0 Å². The Morgan fingerprint density at radius 2 is 1.55 bits per heavy atom. The minimum Gasteiger partial charge on any atom is -0.289 e. The van der Waals surface area contributed by atoms with Crippen molar-refractivity contribution in [1.82, 2.24) is 4.57 Å². The molecule has 4 heteroatoms. The van der Waals surface area contributed by atoms with Crippen molar-refractivity contribution in [2.45, 2.75) is 0 Å². The van der Waals surface area contributed by atoms with E-state index in [1.54, 1.807) is 66.9 Å². The largest absolute Gasteiger partial charge is 0.289 e. The van der Waals surface area contributed by atoms with E-state index in [0.29, 0.717) is 21.8 Å². The normalized spacial score (nSPS) is 10.4. The van der Waals surface area contributed by atoms with Crippen LogP contribution >= 0.6 is 11.6 Å². The molecule has 0 unspecified atom stereocenters. The average Bonchev–Trinajstić information content (AvgIpc) is 2.55. The first-order valence-electron chi connectivity index (χ1n) is 6.74. The van der Waals surface area contributed by atoms with Crippen molar-refractivity contribution in [3.63, 3.8) is 0 Å². The van der Waals surface area contributed by atoms with Crippen molar-refractivity contribution in [2.24, 2.45) is 0 Å². The van der Waals surface area contributed by atoms with Crippen molar-refractivity contribution < 1.29 is 4.79 Å². The second-order valence-electron chi connectivity index (χ2n) is 4.76. The molecule has 3 nitrogen and oxygen atoms in total. The molecule has 22 heavy (non-hydrogen) atoms. The zero-order chi connectivity index (χ0) is 15.5. The third-order valence-electron chi connectivity index (χ3n) is 3.34. The Morgan fingerprint density at radius 3 is 2.27 bits per heavy atom. The molecule has 0 N–H and O–H groups in total. The topological polar surface area (TPSA) is 39.1 Å². The van der Waals surface area contributed by atoms with Gasteiger partial charge in [-0.2, -0.15) is 0 Å². The van der Waals surface area contributed by atoms with Gasteiger partial charge in [0.2, 0.25) is 0 Å². The number of ketones is 1. The molecule has 0 aliphatic rings. The molecule has 2 aromatic carbocycles. The first-order chi connectivity index (χ1) is 10.7. The molecule has 0 spiro atoms. The Kier molecular flexibility index (Phi) is 3.90. The van der Waals surface area contributed by atoms with Gasteiger partial charge in [-0.1, -0.05) is 29.8 Å². The maximum absolute atomic E-state index is 12.7. The highest BCUT2D eigenvalue weighted by Gasteiger charge is 2.14. The fourth-order valence-corrected chi connectivity index (χ4v) is 2.38. The molecule has 0 fully saturated rings. The first-order valence-corrected chi connectivity index (χ1v) is 7.12. The van der Waals surface area contributed by atoms with Crippen LogP contribution in [0.15, 0.2) is 77.7 Å². The van der Waals surface area contributed by atoms with E-state index in [0.717, 1.165) is 0 Å². The Labute approximate surface area is 132 Å². The third kappa shape index (κ3) is 2.71. The van der Waals surface area contributed by atoms with Crippen molar-refractivity contribution in [3.8, 4) is 5.69 Å². The molecule has 0 aliphatic heterocycles. The molecule has 108 valence electrons. The summed E-state index contributed by atoms with van der Waals surface area (Å²) in [6, 6.07) is 18.6. The molecular formula is C18H12ClNO2. The van der Waals surface area contributed by atoms with E-state index in [4.69, 9.17) is 11.6 Å². The summed E-state index contributed by atoms with van der Waals surface area (Å²) in [6.45, 7) is 0. The lowest BCUT2D eigenvalue weighted by molar-refractivity contribution is 0.103. The van der Waals surface area contributed by atoms with Gasteiger partial charge in [0, 0.05) is 28.4 Å². The maximum Gasteiger partial charge on any atom is 0.255 e. The summed E-state index contributed by atoms with van der Waals surface area (Å²) >= 11 is 5.85. The van der Waals surface area contributed by atoms with Gasteiger partial charge < -0.3 is 0 Å². The predicted octanol–water partition coefficient (Wildman–Crippen LogP) is 3.72. The summed E-state index contributed by atoms with van der Waals surface area (Å²) in [4.78, 5) is 24.7. The lowest BCUT2D eigenvalue weighted by Gasteiger charge is -2.11. The van der Waals surface area contributed by atoms with Gasteiger partial charge in [-0.3, -0.25) is 14.2 Å². The van der Waals surface area contributed by atoms with Gasteiger partial charge >= 0.3 is 0 Å². The van der Waals surface area contributed by atoms with Crippen LogP contribution in [0.4, 0.5) is 0 Å². The molecular weight excluding hydrogens is 298 g/mol. The van der Waals surface area contributed by atoms with Gasteiger partial charge in [-0.05, 0) is 42.5 Å². The van der Waals surface area contributed by atoms with Crippen LogP contribution in [0, 0.1) is 0 Å². The van der Waals surface area contributed by atoms with Gasteiger partial charge in [0.25, 0.3) is 5.56 Å². The lowest BCUT2D eigenvalue weighted by Crippen LogP contribution is -2.18. The van der Waals surface area contributed by atoms with Gasteiger partial charge in [0.05, 0.1) is 5.69 Å². The van der Waals surface area contributed by atoms with E-state index in [-0.39, 0.29) is 11.3 Å². The van der Waals surface area contributed by atoms with Crippen LogP contribution in [0.2, 0.25) is 5.02 Å². The number of rotatable bonds is 3. The average molecular weight is 310 g/mol. The lowest BCUT2D eigenvalue weighted by atomic mass is 10.0. The molecule has 1 heterocycles. The van der Waals surface area contributed by atoms with Gasteiger partial charge in [0.15, 0.2) is 5.78 Å². The number of aromatic nitrogens is 1. The standard InChI is InChI=1S/C18H12ClNO2/c19-14-10-8-13(9-11-14)18(22)15-5-1-2-6-16(15)20-12-4-3-7-17(20)21/h1-12H. The molecule has 1 aromatic heterocycles. The summed E-state index contributed by atoms with van der Waals surface area (Å²) < 4.78 is 1.46. The van der Waals surface area contributed by atoms with Crippen LogP contribution < -0.4 is 5.56 Å². The van der Waals surface area contributed by atoms with Crippen molar-refractivity contribution in [2.75, 3.05) is 0 Å². The van der Waals surface area contributed by atoms with E-state index in [9.17, 15) is 9.59 Å². The molecule has 0 saturated heterocycles. The van der Waals surface area contributed by atoms with E-state index < -0.39 is 0 Å². The first kappa shape index (κ1) is 14.3. The number of para-hydroxylation sites is 1. The molecule has 0 amide bonds. The highest BCUT2D eigenvalue weighted by atomic mass is 35.5. The fraction of sp³-hybridized carbons (Fsp3) is 0. The van der Waals surface area contributed by atoms with Gasteiger partial charge in [-0.25, -0.2) is 0 Å². The van der Waals surface area contributed by atoms with Gasteiger partial charge in [0.1, 0.15) is 0 Å². The zero-order valence-corrected chi connectivity index (χ0v) is 12.3. The zero-order valence-electron chi connectivity index (χ0n) is 11.6. The number of benzene rings is 2. The van der Waals surface area contributed by atoms with Crippen molar-refractivity contribution >= 4 is 17.4 Å². The monoisotopic (exact) mass is 309 g/mol. The van der Waals surface area contributed by atoms with E-state index in [1.165, 1.54) is 10.6 Å². The van der Waals surface area contributed by atoms with Crippen molar-refractivity contribution in [1.29, 1.82) is 0 Å². The van der Waals surface area contributed by atoms with Gasteiger partial charge in [-0.15, -0.1) is 0 Å². The second-order valence-corrected chi connectivity index (χ2v) is 5.20. The number of nitrogens with zero attached hydrogens (tertiary/aromatic N) is 1. The number of hydrogen-bond acceptors (Lipinski definition) is 2. The van der Waals surface area contributed by atoms with E-state index in [1.807, 2.05) is 0 Å². The summed E-state index contributed by atoms with van der Waals surface area (Å²) in [5.41, 5.74) is 1.38. The van der Waals surface area contributed by atoms with Crippen molar-refractivity contribution in [3.05, 3.63) is 99.4 Å². The van der Waals surface area contributed by atoms with Crippen LogP contribution in [0.1, 0.15) is 15.9 Å². The van der Waals surface area contributed by atoms with E-state index >= 15 is 0 Å². The molecule has 3 aromatic rings. The number of hydrogen-bond donors (Lipinski definition) is 0. The smallest absolute Gasteiger partial charge is 0.255 e. The quantitative estimate of drug-likeness (QED) is 0.692. The number of carbonyl (C=O) groups excluding carboxylic acids is 1. The second kappa shape index (κ2) is 6.00. The third-order valence-corrected chi connectivity index (χ3v) is 3.59. The van der Waals surface area contributed by atoms with Crippen LogP contribution in [0.5, 0.6) is 0 Å².